The second-order valence-corrected chi connectivity index (χ2v) is 5.90. The first kappa shape index (κ1) is 17.3. The highest BCUT2D eigenvalue weighted by Crippen LogP contribution is 2.16. The van der Waals surface area contributed by atoms with Gasteiger partial charge < -0.3 is 10.6 Å². The van der Waals surface area contributed by atoms with Crippen LogP contribution in [0.3, 0.4) is 0 Å². The zero-order chi connectivity index (χ0) is 18.7. The summed E-state index contributed by atoms with van der Waals surface area (Å²) in [6, 6.07) is 13.0. The van der Waals surface area contributed by atoms with Gasteiger partial charge in [-0.3, -0.25) is 19.0 Å². The molecular formula is C19H18N4O3. The van der Waals surface area contributed by atoms with E-state index in [4.69, 9.17) is 0 Å². The molecule has 132 valence electrons. The fourth-order valence-electron chi connectivity index (χ4n) is 2.57. The summed E-state index contributed by atoms with van der Waals surface area (Å²) in [5, 5.41) is 5.88. The normalized spacial score (nSPS) is 11.8. The monoisotopic (exact) mass is 350 g/mol. The number of rotatable bonds is 4. The molecule has 7 nitrogen and oxygen atoms in total. The Labute approximate surface area is 149 Å². The van der Waals surface area contributed by atoms with E-state index in [-0.39, 0.29) is 17.4 Å². The van der Waals surface area contributed by atoms with Crippen molar-refractivity contribution in [2.24, 2.45) is 0 Å². The van der Waals surface area contributed by atoms with Gasteiger partial charge in [-0.25, -0.2) is 4.98 Å². The molecular weight excluding hydrogens is 332 g/mol. The van der Waals surface area contributed by atoms with Crippen LogP contribution in [0.25, 0.3) is 10.9 Å². The maximum Gasteiger partial charge on any atom is 0.261 e. The van der Waals surface area contributed by atoms with Crippen molar-refractivity contribution < 1.29 is 9.59 Å². The van der Waals surface area contributed by atoms with Gasteiger partial charge in [0, 0.05) is 18.3 Å². The molecule has 0 saturated carbocycles. The predicted molar refractivity (Wildman–Crippen MR) is 100 cm³/mol. The average Bonchev–Trinajstić information content (AvgIpc) is 2.63. The van der Waals surface area contributed by atoms with E-state index in [0.717, 1.165) is 0 Å². The number of fused-ring (bicyclic) bond motifs is 1. The highest BCUT2D eigenvalue weighted by atomic mass is 16.2. The van der Waals surface area contributed by atoms with E-state index < -0.39 is 6.04 Å². The molecule has 2 amide bonds. The van der Waals surface area contributed by atoms with Gasteiger partial charge in [-0.2, -0.15) is 0 Å². The molecule has 0 fully saturated rings. The summed E-state index contributed by atoms with van der Waals surface area (Å²) in [6.07, 6.45) is 1.38. The lowest BCUT2D eigenvalue weighted by Crippen LogP contribution is -2.31. The molecule has 26 heavy (non-hydrogen) atoms. The third-order valence-electron chi connectivity index (χ3n) is 3.96. The Hall–Kier alpha value is -3.48. The summed E-state index contributed by atoms with van der Waals surface area (Å²) in [5.41, 5.74) is 1.53. The summed E-state index contributed by atoms with van der Waals surface area (Å²) >= 11 is 0. The molecule has 0 aliphatic heterocycles. The quantitative estimate of drug-likeness (QED) is 0.756. The Morgan fingerprint density at radius 3 is 2.27 bits per heavy atom. The number of carbonyl (C=O) groups excluding carboxylic acids is 2. The zero-order valence-corrected chi connectivity index (χ0v) is 14.4. The van der Waals surface area contributed by atoms with Crippen molar-refractivity contribution in [2.45, 2.75) is 19.9 Å². The fraction of sp³-hybridized carbons (Fsp3) is 0.158. The Bertz CT molecular complexity index is 1020. The molecule has 0 radical (unpaired) electrons. The first-order valence-corrected chi connectivity index (χ1v) is 8.10. The van der Waals surface area contributed by atoms with Crippen molar-refractivity contribution in [3.63, 3.8) is 0 Å². The van der Waals surface area contributed by atoms with Crippen LogP contribution in [0.4, 0.5) is 11.4 Å². The summed E-state index contributed by atoms with van der Waals surface area (Å²) in [7, 11) is 0. The van der Waals surface area contributed by atoms with Crippen LogP contribution in [0.15, 0.2) is 59.7 Å². The molecule has 0 aliphatic rings. The molecule has 0 bridgehead atoms. The molecule has 2 N–H and O–H groups in total. The second-order valence-electron chi connectivity index (χ2n) is 5.90. The summed E-state index contributed by atoms with van der Waals surface area (Å²) in [6.45, 7) is 3.06. The van der Waals surface area contributed by atoms with E-state index in [1.54, 1.807) is 55.5 Å². The number of hydrogen-bond donors (Lipinski definition) is 2. The Kier molecular flexibility index (Phi) is 4.79. The van der Waals surface area contributed by atoms with Gasteiger partial charge in [0.05, 0.1) is 17.2 Å². The van der Waals surface area contributed by atoms with Gasteiger partial charge in [-0.15, -0.1) is 0 Å². The minimum absolute atomic E-state index is 0.168. The highest BCUT2D eigenvalue weighted by molar-refractivity contribution is 5.94. The van der Waals surface area contributed by atoms with E-state index in [2.05, 4.69) is 15.6 Å². The zero-order valence-electron chi connectivity index (χ0n) is 14.4. The van der Waals surface area contributed by atoms with Crippen molar-refractivity contribution in [1.82, 2.24) is 9.55 Å². The smallest absolute Gasteiger partial charge is 0.261 e. The lowest BCUT2D eigenvalue weighted by atomic mass is 10.2. The van der Waals surface area contributed by atoms with E-state index >= 15 is 0 Å². The third kappa shape index (κ3) is 3.61. The van der Waals surface area contributed by atoms with Crippen LogP contribution in [0.2, 0.25) is 0 Å². The molecule has 1 heterocycles. The minimum atomic E-state index is -0.727. The first-order valence-electron chi connectivity index (χ1n) is 8.10. The van der Waals surface area contributed by atoms with Crippen molar-refractivity contribution in [2.75, 3.05) is 10.6 Å². The number of hydrogen-bond acceptors (Lipinski definition) is 4. The van der Waals surface area contributed by atoms with Gasteiger partial charge in [0.25, 0.3) is 5.56 Å². The Balaban J connectivity index is 1.79. The lowest BCUT2D eigenvalue weighted by molar-refractivity contribution is -0.119. The molecule has 0 saturated heterocycles. The van der Waals surface area contributed by atoms with Crippen molar-refractivity contribution in [3.05, 3.63) is 65.2 Å². The van der Waals surface area contributed by atoms with Crippen LogP contribution in [-0.2, 0) is 9.59 Å². The van der Waals surface area contributed by atoms with Crippen LogP contribution in [-0.4, -0.2) is 21.4 Å². The molecule has 0 aliphatic carbocycles. The summed E-state index contributed by atoms with van der Waals surface area (Å²) in [5.74, 6) is -0.505. The molecule has 0 spiro atoms. The van der Waals surface area contributed by atoms with Gasteiger partial charge in [-0.1, -0.05) is 12.1 Å². The van der Waals surface area contributed by atoms with Crippen LogP contribution >= 0.6 is 0 Å². The number of amides is 2. The maximum absolute atomic E-state index is 12.6. The van der Waals surface area contributed by atoms with Crippen LogP contribution in [0, 0.1) is 0 Å². The number of nitrogens with zero attached hydrogens (tertiary/aromatic N) is 2. The third-order valence-corrected chi connectivity index (χ3v) is 3.96. The number of nitrogens with one attached hydrogen (secondary N) is 2. The van der Waals surface area contributed by atoms with Crippen LogP contribution in [0.5, 0.6) is 0 Å². The number of anilines is 2. The van der Waals surface area contributed by atoms with Gasteiger partial charge >= 0.3 is 0 Å². The molecule has 7 heteroatoms. The number of aromatic nitrogens is 2. The Morgan fingerprint density at radius 2 is 1.62 bits per heavy atom. The fourth-order valence-corrected chi connectivity index (χ4v) is 2.57. The topological polar surface area (TPSA) is 93.1 Å². The number of carbonyl (C=O) groups is 2. The minimum Gasteiger partial charge on any atom is -0.326 e. The summed E-state index contributed by atoms with van der Waals surface area (Å²) in [4.78, 5) is 40.3. The predicted octanol–water partition coefficient (Wildman–Crippen LogP) is 2.55. The average molecular weight is 350 g/mol. The molecule has 3 rings (SSSR count). The van der Waals surface area contributed by atoms with E-state index in [1.165, 1.54) is 17.8 Å². The van der Waals surface area contributed by atoms with Gasteiger partial charge in [0.2, 0.25) is 11.8 Å². The largest absolute Gasteiger partial charge is 0.326 e. The second kappa shape index (κ2) is 7.18. The molecule has 1 unspecified atom stereocenters. The molecule has 1 aromatic heterocycles. The van der Waals surface area contributed by atoms with Crippen LogP contribution in [0.1, 0.15) is 19.9 Å². The standard InChI is InChI=1S/C19H18N4O3/c1-12(23-11-20-17-6-4-3-5-16(17)19(23)26)18(25)22-15-9-7-14(8-10-15)21-13(2)24/h3-12H,1-2H3,(H,21,24)(H,22,25). The lowest BCUT2D eigenvalue weighted by Gasteiger charge is -2.15. The van der Waals surface area contributed by atoms with Crippen molar-refractivity contribution >= 4 is 34.1 Å². The van der Waals surface area contributed by atoms with E-state index in [1.807, 2.05) is 0 Å². The highest BCUT2D eigenvalue weighted by Gasteiger charge is 2.17. The van der Waals surface area contributed by atoms with Crippen LogP contribution < -0.4 is 16.2 Å². The van der Waals surface area contributed by atoms with Gasteiger partial charge in [-0.05, 0) is 43.3 Å². The molecule has 1 atom stereocenters. The molecule has 3 aromatic rings. The van der Waals surface area contributed by atoms with E-state index in [9.17, 15) is 14.4 Å². The van der Waals surface area contributed by atoms with Crippen molar-refractivity contribution in [1.29, 1.82) is 0 Å². The van der Waals surface area contributed by atoms with Gasteiger partial charge in [0.1, 0.15) is 6.04 Å². The SMILES string of the molecule is CC(=O)Nc1ccc(NC(=O)C(C)n2cnc3ccccc3c2=O)cc1. The molecule has 2 aromatic carbocycles. The van der Waals surface area contributed by atoms with Crippen molar-refractivity contribution in [3.8, 4) is 0 Å². The van der Waals surface area contributed by atoms with Gasteiger partial charge in [0.15, 0.2) is 0 Å². The number of para-hydroxylation sites is 1. The first-order chi connectivity index (χ1) is 12.5. The Morgan fingerprint density at radius 1 is 1.00 bits per heavy atom. The number of benzene rings is 2. The van der Waals surface area contributed by atoms with E-state index in [0.29, 0.717) is 22.3 Å². The maximum atomic E-state index is 12.6. The summed E-state index contributed by atoms with van der Waals surface area (Å²) < 4.78 is 1.31.